The molecule has 3 N–H and O–H groups in total. The highest BCUT2D eigenvalue weighted by atomic mass is 32.2. The molecule has 5 nitrogen and oxygen atoms in total. The summed E-state index contributed by atoms with van der Waals surface area (Å²) in [6.07, 6.45) is 1.07. The van der Waals surface area contributed by atoms with Gasteiger partial charge in [0.2, 0.25) is 5.91 Å². The molecule has 1 saturated heterocycles. The van der Waals surface area contributed by atoms with Crippen LogP contribution >= 0.6 is 11.8 Å². The minimum Gasteiger partial charge on any atom is -0.480 e. The largest absolute Gasteiger partial charge is 0.480 e. The molecule has 0 aliphatic carbocycles. The highest BCUT2D eigenvalue weighted by molar-refractivity contribution is 7.99. The minimum atomic E-state index is -0.997. The summed E-state index contributed by atoms with van der Waals surface area (Å²) in [5, 5.41) is 14.4. The summed E-state index contributed by atoms with van der Waals surface area (Å²) in [4.78, 5) is 21.5. The van der Waals surface area contributed by atoms with Crippen LogP contribution in [0.3, 0.4) is 0 Å². The normalized spacial score (nSPS) is 22.3. The fourth-order valence-corrected chi connectivity index (χ4v) is 2.61. The predicted octanol–water partition coefficient (Wildman–Crippen LogP) is -0.329. The lowest BCUT2D eigenvalue weighted by Gasteiger charge is -2.17. The number of carboxylic acid groups (broad SMARTS) is 1. The molecule has 0 spiro atoms. The summed E-state index contributed by atoms with van der Waals surface area (Å²) in [5.74, 6) is 0.829. The molecule has 1 aliphatic rings. The summed E-state index contributed by atoms with van der Waals surface area (Å²) in [6, 6.07) is -0.446. The van der Waals surface area contributed by atoms with Crippen molar-refractivity contribution in [2.24, 2.45) is 0 Å². The highest BCUT2D eigenvalue weighted by Crippen LogP contribution is 2.16. The number of rotatable bonds is 5. The van der Waals surface area contributed by atoms with E-state index in [1.54, 1.807) is 0 Å². The maximum Gasteiger partial charge on any atom is 0.327 e. The lowest BCUT2D eigenvalue weighted by Crippen LogP contribution is -2.48. The lowest BCUT2D eigenvalue weighted by atomic mass is 10.2. The van der Waals surface area contributed by atoms with E-state index >= 15 is 0 Å². The van der Waals surface area contributed by atoms with Crippen molar-refractivity contribution in [3.63, 3.8) is 0 Å². The van der Waals surface area contributed by atoms with E-state index in [0.717, 1.165) is 17.9 Å². The number of thioether (sulfide) groups is 1. The van der Waals surface area contributed by atoms with E-state index in [0.29, 0.717) is 12.6 Å². The summed E-state index contributed by atoms with van der Waals surface area (Å²) < 4.78 is 0. The molecule has 1 heterocycles. The zero-order chi connectivity index (χ0) is 11.3. The summed E-state index contributed by atoms with van der Waals surface area (Å²) in [6.45, 7) is 1.61. The van der Waals surface area contributed by atoms with E-state index in [4.69, 9.17) is 5.11 Å². The smallest absolute Gasteiger partial charge is 0.327 e. The third-order valence-corrected chi connectivity index (χ3v) is 3.38. The van der Waals surface area contributed by atoms with Crippen LogP contribution in [0.15, 0.2) is 0 Å². The number of hydrogen-bond donors (Lipinski definition) is 3. The van der Waals surface area contributed by atoms with E-state index in [-0.39, 0.29) is 5.91 Å². The molecular formula is C9H16N2O3S. The average molecular weight is 232 g/mol. The maximum atomic E-state index is 10.8. The molecule has 15 heavy (non-hydrogen) atoms. The first-order valence-electron chi connectivity index (χ1n) is 4.90. The molecule has 0 aromatic rings. The van der Waals surface area contributed by atoms with Crippen molar-refractivity contribution in [3.05, 3.63) is 0 Å². The second kappa shape index (κ2) is 5.97. The number of carboxylic acids is 1. The first kappa shape index (κ1) is 12.3. The van der Waals surface area contributed by atoms with Gasteiger partial charge in [-0.15, -0.1) is 0 Å². The molecule has 6 heteroatoms. The predicted molar refractivity (Wildman–Crippen MR) is 59.0 cm³/mol. The monoisotopic (exact) mass is 232 g/mol. The van der Waals surface area contributed by atoms with Crippen LogP contribution in [-0.4, -0.2) is 47.1 Å². The Bertz CT molecular complexity index is 242. The Kier molecular flexibility index (Phi) is 4.90. The summed E-state index contributed by atoms with van der Waals surface area (Å²) >= 11 is 1.86. The molecule has 1 amide bonds. The van der Waals surface area contributed by atoms with Crippen LogP contribution in [-0.2, 0) is 9.59 Å². The van der Waals surface area contributed by atoms with Gasteiger partial charge in [-0.2, -0.15) is 11.8 Å². The van der Waals surface area contributed by atoms with Gasteiger partial charge in [-0.3, -0.25) is 4.79 Å². The van der Waals surface area contributed by atoms with E-state index in [9.17, 15) is 9.59 Å². The van der Waals surface area contributed by atoms with Crippen molar-refractivity contribution in [1.29, 1.82) is 0 Å². The molecule has 1 fully saturated rings. The lowest BCUT2D eigenvalue weighted by molar-refractivity contribution is -0.141. The van der Waals surface area contributed by atoms with Crippen LogP contribution in [0.1, 0.15) is 13.3 Å². The SMILES string of the molecule is CC(=O)NC(CNC1CCSC1)C(=O)O. The van der Waals surface area contributed by atoms with Gasteiger partial charge in [0.15, 0.2) is 0 Å². The van der Waals surface area contributed by atoms with Gasteiger partial charge in [0.1, 0.15) is 6.04 Å². The van der Waals surface area contributed by atoms with Crippen molar-refractivity contribution in [3.8, 4) is 0 Å². The fourth-order valence-electron chi connectivity index (χ4n) is 1.43. The Hall–Kier alpha value is -0.750. The molecule has 2 atom stereocenters. The van der Waals surface area contributed by atoms with Crippen LogP contribution in [0.2, 0.25) is 0 Å². The van der Waals surface area contributed by atoms with Gasteiger partial charge in [-0.25, -0.2) is 4.79 Å². The molecule has 2 unspecified atom stereocenters. The maximum absolute atomic E-state index is 10.8. The van der Waals surface area contributed by atoms with Crippen LogP contribution in [0.4, 0.5) is 0 Å². The Balaban J connectivity index is 2.30. The molecule has 0 radical (unpaired) electrons. The quantitative estimate of drug-likeness (QED) is 0.605. The molecule has 1 rings (SSSR count). The third kappa shape index (κ3) is 4.53. The second-order valence-corrected chi connectivity index (χ2v) is 4.71. The number of hydrogen-bond acceptors (Lipinski definition) is 4. The van der Waals surface area contributed by atoms with Crippen molar-refractivity contribution < 1.29 is 14.7 Å². The minimum absolute atomic E-state index is 0.292. The molecule has 86 valence electrons. The van der Waals surface area contributed by atoms with E-state index < -0.39 is 12.0 Å². The summed E-state index contributed by atoms with van der Waals surface area (Å²) in [7, 11) is 0. The number of aliphatic carboxylic acids is 1. The molecule has 0 aromatic carbocycles. The molecule has 1 aliphatic heterocycles. The van der Waals surface area contributed by atoms with Crippen LogP contribution in [0, 0.1) is 0 Å². The van der Waals surface area contributed by atoms with Gasteiger partial charge >= 0.3 is 5.97 Å². The molecule has 0 bridgehead atoms. The Morgan fingerprint density at radius 2 is 2.33 bits per heavy atom. The zero-order valence-electron chi connectivity index (χ0n) is 8.66. The molecule has 0 aromatic heterocycles. The van der Waals surface area contributed by atoms with Gasteiger partial charge in [-0.05, 0) is 12.2 Å². The first-order valence-corrected chi connectivity index (χ1v) is 6.06. The van der Waals surface area contributed by atoms with Crippen LogP contribution in [0.25, 0.3) is 0 Å². The van der Waals surface area contributed by atoms with E-state index in [2.05, 4.69) is 10.6 Å². The Morgan fingerprint density at radius 3 is 2.80 bits per heavy atom. The fraction of sp³-hybridized carbons (Fsp3) is 0.778. The Morgan fingerprint density at radius 1 is 1.60 bits per heavy atom. The standard InChI is InChI=1S/C9H16N2O3S/c1-6(12)11-8(9(13)14)4-10-7-2-3-15-5-7/h7-8,10H,2-5H2,1H3,(H,11,12)(H,13,14). The highest BCUT2D eigenvalue weighted by Gasteiger charge is 2.21. The van der Waals surface area contributed by atoms with Crippen molar-refractivity contribution >= 4 is 23.6 Å². The Labute approximate surface area is 93.0 Å². The van der Waals surface area contributed by atoms with Gasteiger partial charge < -0.3 is 15.7 Å². The van der Waals surface area contributed by atoms with Crippen molar-refractivity contribution in [2.75, 3.05) is 18.1 Å². The number of amides is 1. The van der Waals surface area contributed by atoms with E-state index in [1.807, 2.05) is 11.8 Å². The van der Waals surface area contributed by atoms with Gasteiger partial charge in [0.05, 0.1) is 0 Å². The van der Waals surface area contributed by atoms with Gasteiger partial charge in [-0.1, -0.05) is 0 Å². The van der Waals surface area contributed by atoms with E-state index in [1.165, 1.54) is 6.92 Å². The number of carbonyl (C=O) groups excluding carboxylic acids is 1. The molecule has 0 saturated carbocycles. The second-order valence-electron chi connectivity index (χ2n) is 3.56. The van der Waals surface area contributed by atoms with Gasteiger partial charge in [0.25, 0.3) is 0 Å². The number of nitrogens with one attached hydrogen (secondary N) is 2. The third-order valence-electron chi connectivity index (χ3n) is 2.22. The number of carbonyl (C=O) groups is 2. The topological polar surface area (TPSA) is 78.4 Å². The molecular weight excluding hydrogens is 216 g/mol. The average Bonchev–Trinajstić information content (AvgIpc) is 2.63. The van der Waals surface area contributed by atoms with Crippen molar-refractivity contribution in [2.45, 2.75) is 25.4 Å². The van der Waals surface area contributed by atoms with Crippen molar-refractivity contribution in [1.82, 2.24) is 10.6 Å². The zero-order valence-corrected chi connectivity index (χ0v) is 9.47. The van der Waals surface area contributed by atoms with Crippen LogP contribution < -0.4 is 10.6 Å². The summed E-state index contributed by atoms with van der Waals surface area (Å²) in [5.41, 5.74) is 0. The van der Waals surface area contributed by atoms with Gasteiger partial charge in [0, 0.05) is 25.3 Å². The van der Waals surface area contributed by atoms with Crippen LogP contribution in [0.5, 0.6) is 0 Å². The first-order chi connectivity index (χ1) is 7.09.